The molecular formula is C35H32Cl2N2O8S. The van der Waals surface area contributed by atoms with Crippen LogP contribution in [-0.4, -0.2) is 56.6 Å². The van der Waals surface area contributed by atoms with Gasteiger partial charge in [0.25, 0.3) is 5.91 Å². The van der Waals surface area contributed by atoms with Crippen LogP contribution in [0.4, 0.5) is 0 Å². The largest absolute Gasteiger partial charge is 0.494 e. The van der Waals surface area contributed by atoms with Gasteiger partial charge in [-0.25, -0.2) is 13.4 Å². The van der Waals surface area contributed by atoms with Crippen molar-refractivity contribution in [1.29, 1.82) is 0 Å². The highest BCUT2D eigenvalue weighted by Gasteiger charge is 2.54. The number of nitrogens with one attached hydrogen (secondary N) is 1. The van der Waals surface area contributed by atoms with Crippen LogP contribution in [0.1, 0.15) is 35.6 Å². The molecule has 250 valence electrons. The number of hydrogen-bond donors (Lipinski definition) is 2. The standard InChI is InChI=1S/C35H32Cl2N2O8S/c36-25-10-13-28(29(37)20-25)32-35(15-18-48(42,43)27-5-2-1-3-6-27,34(41)38-21-23-7-14-30-31(19-23)46-22-45-30)39-33(47-32)24-8-11-26(12-9-24)44-17-4-16-40/h1-3,5-14,19-20,32,40H,4,15-18,21-22H2,(H,38,41)/t32-,35-/m1/s1. The smallest absolute Gasteiger partial charge is 0.252 e. The zero-order chi connectivity index (χ0) is 33.7. The molecule has 1 amide bonds. The van der Waals surface area contributed by atoms with Gasteiger partial charge in [-0.2, -0.15) is 0 Å². The summed E-state index contributed by atoms with van der Waals surface area (Å²) in [5, 5.41) is 12.6. The molecule has 0 saturated heterocycles. The Morgan fingerprint density at radius 3 is 2.50 bits per heavy atom. The van der Waals surface area contributed by atoms with Crippen LogP contribution in [0.3, 0.4) is 0 Å². The van der Waals surface area contributed by atoms with E-state index in [1.807, 2.05) is 0 Å². The van der Waals surface area contributed by atoms with Crippen molar-refractivity contribution in [3.8, 4) is 17.2 Å². The first-order valence-corrected chi connectivity index (χ1v) is 17.6. The second-order valence-electron chi connectivity index (χ2n) is 11.2. The summed E-state index contributed by atoms with van der Waals surface area (Å²) < 4.78 is 50.2. The zero-order valence-corrected chi connectivity index (χ0v) is 27.9. The monoisotopic (exact) mass is 710 g/mol. The number of rotatable bonds is 13. The Kier molecular flexibility index (Phi) is 10.1. The minimum Gasteiger partial charge on any atom is -0.494 e. The van der Waals surface area contributed by atoms with Crippen LogP contribution < -0.4 is 19.5 Å². The van der Waals surface area contributed by atoms with Gasteiger partial charge in [0.2, 0.25) is 12.7 Å². The van der Waals surface area contributed by atoms with Crippen LogP contribution in [-0.2, 0) is 25.9 Å². The van der Waals surface area contributed by atoms with Gasteiger partial charge in [0, 0.05) is 47.2 Å². The molecule has 0 aromatic heterocycles. The molecule has 2 aliphatic rings. The summed E-state index contributed by atoms with van der Waals surface area (Å²) in [7, 11) is -3.84. The van der Waals surface area contributed by atoms with Gasteiger partial charge >= 0.3 is 0 Å². The fourth-order valence-corrected chi connectivity index (χ4v) is 7.38. The summed E-state index contributed by atoms with van der Waals surface area (Å²) in [4.78, 5) is 19.5. The quantitative estimate of drug-likeness (QED) is 0.164. The highest BCUT2D eigenvalue weighted by molar-refractivity contribution is 7.91. The van der Waals surface area contributed by atoms with E-state index in [0.717, 1.165) is 5.56 Å². The van der Waals surface area contributed by atoms with Crippen molar-refractivity contribution in [2.24, 2.45) is 4.99 Å². The average Bonchev–Trinajstić information content (AvgIpc) is 3.73. The van der Waals surface area contributed by atoms with E-state index in [1.165, 1.54) is 18.2 Å². The van der Waals surface area contributed by atoms with Crippen molar-refractivity contribution in [1.82, 2.24) is 5.32 Å². The molecular weight excluding hydrogens is 679 g/mol. The highest BCUT2D eigenvalue weighted by Crippen LogP contribution is 2.45. The van der Waals surface area contributed by atoms with Gasteiger partial charge in [-0.15, -0.1) is 0 Å². The van der Waals surface area contributed by atoms with E-state index < -0.39 is 33.1 Å². The summed E-state index contributed by atoms with van der Waals surface area (Å²) >= 11 is 12.9. The number of carbonyl (C=O) groups is 1. The third kappa shape index (κ3) is 7.24. The fraction of sp³-hybridized carbons (Fsp3) is 0.257. The van der Waals surface area contributed by atoms with Crippen LogP contribution in [0.2, 0.25) is 10.0 Å². The van der Waals surface area contributed by atoms with Crippen molar-refractivity contribution in [2.45, 2.75) is 35.9 Å². The van der Waals surface area contributed by atoms with E-state index >= 15 is 0 Å². The van der Waals surface area contributed by atoms with Crippen LogP contribution in [0, 0.1) is 0 Å². The molecule has 2 aliphatic heterocycles. The lowest BCUT2D eigenvalue weighted by molar-refractivity contribution is -0.129. The molecule has 0 aliphatic carbocycles. The summed E-state index contributed by atoms with van der Waals surface area (Å²) in [6.07, 6.45) is -0.857. The zero-order valence-electron chi connectivity index (χ0n) is 25.6. The van der Waals surface area contributed by atoms with E-state index in [0.29, 0.717) is 46.4 Å². The summed E-state index contributed by atoms with van der Waals surface area (Å²) in [5.74, 6) is 0.901. The lowest BCUT2D eigenvalue weighted by atomic mass is 9.85. The Labute approximate surface area is 288 Å². The molecule has 13 heteroatoms. The number of benzene rings is 4. The van der Waals surface area contributed by atoms with Crippen LogP contribution in [0.25, 0.3) is 0 Å². The third-order valence-corrected chi connectivity index (χ3v) is 10.3. The summed E-state index contributed by atoms with van der Waals surface area (Å²) in [5.41, 5.74) is -0.0721. The normalized spacial score (nSPS) is 18.2. The molecule has 4 aromatic carbocycles. The third-order valence-electron chi connectivity index (χ3n) is 8.02. The Morgan fingerprint density at radius 1 is 0.979 bits per heavy atom. The molecule has 0 spiro atoms. The number of aliphatic hydroxyl groups excluding tert-OH is 1. The van der Waals surface area contributed by atoms with Gasteiger partial charge in [-0.1, -0.05) is 53.5 Å². The molecule has 0 saturated carbocycles. The lowest BCUT2D eigenvalue weighted by Crippen LogP contribution is -2.49. The number of sulfone groups is 1. The Balaban J connectivity index is 1.39. The van der Waals surface area contributed by atoms with Gasteiger partial charge in [0.1, 0.15) is 5.75 Å². The second kappa shape index (κ2) is 14.4. The van der Waals surface area contributed by atoms with Crippen molar-refractivity contribution in [3.63, 3.8) is 0 Å². The number of carbonyl (C=O) groups excluding carboxylic acids is 1. The average molecular weight is 712 g/mol. The summed E-state index contributed by atoms with van der Waals surface area (Å²) in [6, 6.07) is 25.1. The molecule has 48 heavy (non-hydrogen) atoms. The number of aliphatic imine (C=N–C) groups is 1. The predicted molar refractivity (Wildman–Crippen MR) is 181 cm³/mol. The van der Waals surface area contributed by atoms with E-state index in [4.69, 9.17) is 52.2 Å². The van der Waals surface area contributed by atoms with E-state index in [2.05, 4.69) is 5.32 Å². The lowest BCUT2D eigenvalue weighted by Gasteiger charge is -2.31. The SMILES string of the molecule is O=C(NCc1ccc2c(c1)OCO2)[C@]1(CCS(=O)(=O)c2ccccc2)N=C(c2ccc(OCCCO)cc2)O[C@@H]1c1ccc(Cl)cc1Cl. The van der Waals surface area contributed by atoms with Crippen LogP contribution >= 0.6 is 23.2 Å². The maximum absolute atomic E-state index is 14.5. The van der Waals surface area contributed by atoms with Gasteiger partial charge < -0.3 is 29.4 Å². The molecule has 2 atom stereocenters. The first kappa shape index (κ1) is 33.6. The van der Waals surface area contributed by atoms with Crippen molar-refractivity contribution < 1.29 is 37.3 Å². The number of aliphatic hydroxyl groups is 1. The van der Waals surface area contributed by atoms with Gasteiger partial charge in [0.05, 0.1) is 17.3 Å². The van der Waals surface area contributed by atoms with E-state index in [-0.39, 0.29) is 42.2 Å². The first-order chi connectivity index (χ1) is 23.2. The van der Waals surface area contributed by atoms with Crippen molar-refractivity contribution >= 4 is 44.8 Å². The Bertz CT molecular complexity index is 1920. The molecule has 10 nitrogen and oxygen atoms in total. The number of fused-ring (bicyclic) bond motifs is 1. The maximum Gasteiger partial charge on any atom is 0.252 e. The molecule has 0 radical (unpaired) electrons. The second-order valence-corrected chi connectivity index (χ2v) is 14.2. The minimum absolute atomic E-state index is 0.0101. The number of nitrogens with zero attached hydrogens (tertiary/aromatic N) is 1. The molecule has 4 aromatic rings. The maximum atomic E-state index is 14.5. The molecule has 2 N–H and O–H groups in total. The van der Waals surface area contributed by atoms with Crippen molar-refractivity contribution in [2.75, 3.05) is 25.8 Å². The van der Waals surface area contributed by atoms with Crippen molar-refractivity contribution in [3.05, 3.63) is 118 Å². The Hall–Kier alpha value is -4.29. The predicted octanol–water partition coefficient (Wildman–Crippen LogP) is 5.92. The van der Waals surface area contributed by atoms with Gasteiger partial charge in [-0.05, 0) is 66.2 Å². The van der Waals surface area contributed by atoms with Crippen LogP contribution in [0.5, 0.6) is 17.2 Å². The summed E-state index contributed by atoms with van der Waals surface area (Å²) in [6.45, 7) is 0.551. The van der Waals surface area contributed by atoms with Crippen LogP contribution in [0.15, 0.2) is 101 Å². The van der Waals surface area contributed by atoms with E-state index in [9.17, 15) is 13.2 Å². The number of ether oxygens (including phenoxy) is 4. The molecule has 6 rings (SSSR count). The molecule has 2 heterocycles. The highest BCUT2D eigenvalue weighted by atomic mass is 35.5. The minimum atomic E-state index is -3.84. The number of hydrogen-bond acceptors (Lipinski definition) is 9. The Morgan fingerprint density at radius 2 is 1.75 bits per heavy atom. The molecule has 0 unspecified atom stereocenters. The fourth-order valence-electron chi connectivity index (χ4n) is 5.48. The number of halogens is 2. The van der Waals surface area contributed by atoms with Gasteiger partial charge in [-0.3, -0.25) is 4.79 Å². The number of amides is 1. The topological polar surface area (TPSA) is 133 Å². The first-order valence-electron chi connectivity index (χ1n) is 15.2. The van der Waals surface area contributed by atoms with Gasteiger partial charge in [0.15, 0.2) is 33.0 Å². The molecule has 0 fully saturated rings. The molecule has 0 bridgehead atoms. The van der Waals surface area contributed by atoms with E-state index in [1.54, 1.807) is 72.8 Å².